The van der Waals surface area contributed by atoms with Gasteiger partial charge in [0.1, 0.15) is 6.04 Å². The number of nitrogens with one attached hydrogen (secondary N) is 2. The van der Waals surface area contributed by atoms with E-state index >= 15 is 0 Å². The highest BCUT2D eigenvalue weighted by atomic mass is 32.2. The zero-order chi connectivity index (χ0) is 15.7. The van der Waals surface area contributed by atoms with Crippen molar-refractivity contribution in [1.29, 1.82) is 0 Å². The third-order valence-electron chi connectivity index (χ3n) is 3.61. The third-order valence-corrected chi connectivity index (χ3v) is 5.10. The van der Waals surface area contributed by atoms with Crippen LogP contribution < -0.4 is 10.0 Å². The quantitative estimate of drug-likeness (QED) is 0.889. The van der Waals surface area contributed by atoms with Crippen LogP contribution in [0.4, 0.5) is 0 Å². The Bertz CT molecular complexity index is 615. The van der Waals surface area contributed by atoms with Gasteiger partial charge in [0, 0.05) is 6.54 Å². The van der Waals surface area contributed by atoms with Gasteiger partial charge in [-0.15, -0.1) is 0 Å². The summed E-state index contributed by atoms with van der Waals surface area (Å²) in [4.78, 5) is 11.8. The van der Waals surface area contributed by atoms with E-state index in [2.05, 4.69) is 30.8 Å². The second-order valence-electron chi connectivity index (χ2n) is 6.38. The summed E-state index contributed by atoms with van der Waals surface area (Å²) in [7, 11) is -3.67. The molecule has 0 spiro atoms. The van der Waals surface area contributed by atoms with Crippen LogP contribution in [-0.2, 0) is 20.2 Å². The second kappa shape index (κ2) is 5.77. The highest BCUT2D eigenvalue weighted by molar-refractivity contribution is 7.89. The lowest BCUT2D eigenvalue weighted by molar-refractivity contribution is -0.124. The molecule has 0 aliphatic carbocycles. The van der Waals surface area contributed by atoms with Crippen molar-refractivity contribution in [1.82, 2.24) is 10.0 Å². The van der Waals surface area contributed by atoms with E-state index in [9.17, 15) is 13.2 Å². The summed E-state index contributed by atoms with van der Waals surface area (Å²) in [6, 6.07) is 6.13. The molecule has 1 heterocycles. The summed E-state index contributed by atoms with van der Waals surface area (Å²) in [5.41, 5.74) is 1.04. The van der Waals surface area contributed by atoms with E-state index in [0.29, 0.717) is 13.0 Å². The lowest BCUT2D eigenvalue weighted by atomic mass is 9.87. The Hall–Kier alpha value is -1.40. The minimum Gasteiger partial charge on any atom is -0.355 e. The average Bonchev–Trinajstić information content (AvgIpc) is 2.40. The predicted octanol–water partition coefficient (Wildman–Crippen LogP) is 1.54. The molecule has 1 amide bonds. The Morgan fingerprint density at radius 1 is 1.19 bits per heavy atom. The molecule has 1 aromatic carbocycles. The summed E-state index contributed by atoms with van der Waals surface area (Å²) in [6.45, 7) is 6.82. The fraction of sp³-hybridized carbons (Fsp3) is 0.533. The van der Waals surface area contributed by atoms with Crippen LogP contribution in [0, 0.1) is 0 Å². The van der Waals surface area contributed by atoms with Gasteiger partial charge in [0.15, 0.2) is 0 Å². The fourth-order valence-corrected chi connectivity index (χ4v) is 3.50. The normalized spacial score (nSPS) is 20.1. The van der Waals surface area contributed by atoms with Crippen LogP contribution in [0.2, 0.25) is 0 Å². The van der Waals surface area contributed by atoms with Crippen LogP contribution in [0.3, 0.4) is 0 Å². The molecule has 116 valence electrons. The molecule has 1 fully saturated rings. The molecule has 1 aliphatic heterocycles. The standard InChI is InChI=1S/C15H22N2O3S/c1-15(2,3)11-6-8-12(9-7-11)21(19,20)17-13-5-4-10-16-14(13)18/h6-9,13,17H,4-5,10H2,1-3H3,(H,16,18)/t13-/m1/s1. The molecular formula is C15H22N2O3S. The van der Waals surface area contributed by atoms with Crippen molar-refractivity contribution in [2.75, 3.05) is 6.54 Å². The van der Waals surface area contributed by atoms with E-state index in [0.717, 1.165) is 12.0 Å². The van der Waals surface area contributed by atoms with Gasteiger partial charge in [-0.2, -0.15) is 4.72 Å². The fourth-order valence-electron chi connectivity index (χ4n) is 2.27. The number of hydrogen-bond acceptors (Lipinski definition) is 3. The summed E-state index contributed by atoms with van der Waals surface area (Å²) in [5.74, 6) is -0.254. The first kappa shape index (κ1) is 16.0. The third kappa shape index (κ3) is 3.83. The Kier molecular flexibility index (Phi) is 4.39. The highest BCUT2D eigenvalue weighted by Crippen LogP contribution is 2.23. The van der Waals surface area contributed by atoms with Crippen molar-refractivity contribution in [2.24, 2.45) is 0 Å². The molecule has 2 rings (SSSR count). The van der Waals surface area contributed by atoms with Gasteiger partial charge in [0.25, 0.3) is 0 Å². The predicted molar refractivity (Wildman–Crippen MR) is 81.5 cm³/mol. The molecule has 1 atom stereocenters. The molecular weight excluding hydrogens is 288 g/mol. The average molecular weight is 310 g/mol. The number of piperidine rings is 1. The maximum absolute atomic E-state index is 12.3. The van der Waals surface area contributed by atoms with E-state index in [4.69, 9.17) is 0 Å². The topological polar surface area (TPSA) is 75.3 Å². The lowest BCUT2D eigenvalue weighted by Crippen LogP contribution is -2.50. The van der Waals surface area contributed by atoms with E-state index < -0.39 is 16.1 Å². The Labute approximate surface area is 126 Å². The van der Waals surface area contributed by atoms with E-state index in [1.54, 1.807) is 12.1 Å². The molecule has 6 heteroatoms. The molecule has 0 aromatic heterocycles. The Morgan fingerprint density at radius 2 is 1.81 bits per heavy atom. The van der Waals surface area contributed by atoms with E-state index in [1.165, 1.54) is 0 Å². The van der Waals surface area contributed by atoms with Crippen molar-refractivity contribution >= 4 is 15.9 Å². The van der Waals surface area contributed by atoms with Gasteiger partial charge in [-0.05, 0) is 36.0 Å². The Balaban J connectivity index is 2.17. The van der Waals surface area contributed by atoms with Crippen molar-refractivity contribution in [2.45, 2.75) is 50.0 Å². The number of rotatable bonds is 3. The maximum Gasteiger partial charge on any atom is 0.241 e. The SMILES string of the molecule is CC(C)(C)c1ccc(S(=O)(=O)N[C@@H]2CCCNC2=O)cc1. The molecule has 21 heavy (non-hydrogen) atoms. The zero-order valence-electron chi connectivity index (χ0n) is 12.6. The molecule has 5 nitrogen and oxygen atoms in total. The number of carbonyl (C=O) groups is 1. The van der Waals surface area contributed by atoms with Crippen LogP contribution >= 0.6 is 0 Å². The smallest absolute Gasteiger partial charge is 0.241 e. The molecule has 0 bridgehead atoms. The summed E-state index contributed by atoms with van der Waals surface area (Å²) in [5, 5.41) is 2.67. The molecule has 1 saturated heterocycles. The zero-order valence-corrected chi connectivity index (χ0v) is 13.5. The van der Waals surface area contributed by atoms with Crippen LogP contribution in [0.5, 0.6) is 0 Å². The van der Waals surface area contributed by atoms with Gasteiger partial charge < -0.3 is 5.32 Å². The number of sulfonamides is 1. The van der Waals surface area contributed by atoms with Crippen molar-refractivity contribution < 1.29 is 13.2 Å². The molecule has 0 unspecified atom stereocenters. The van der Waals surface area contributed by atoms with Gasteiger partial charge in [0.05, 0.1) is 4.90 Å². The molecule has 0 radical (unpaired) electrons. The number of carbonyl (C=O) groups excluding carboxylic acids is 1. The number of benzene rings is 1. The molecule has 1 aromatic rings. The Morgan fingerprint density at radius 3 is 2.33 bits per heavy atom. The van der Waals surface area contributed by atoms with Crippen molar-refractivity contribution in [3.8, 4) is 0 Å². The first-order valence-electron chi connectivity index (χ1n) is 7.11. The van der Waals surface area contributed by atoms with E-state index in [1.807, 2.05) is 12.1 Å². The first-order valence-corrected chi connectivity index (χ1v) is 8.59. The van der Waals surface area contributed by atoms with Crippen LogP contribution in [0.15, 0.2) is 29.2 Å². The van der Waals surface area contributed by atoms with Gasteiger partial charge >= 0.3 is 0 Å². The van der Waals surface area contributed by atoms with Crippen molar-refractivity contribution in [3.05, 3.63) is 29.8 Å². The molecule has 0 saturated carbocycles. The minimum atomic E-state index is -3.67. The highest BCUT2D eigenvalue weighted by Gasteiger charge is 2.27. The first-order chi connectivity index (χ1) is 9.70. The largest absolute Gasteiger partial charge is 0.355 e. The summed E-state index contributed by atoms with van der Waals surface area (Å²) < 4.78 is 27.1. The monoisotopic (exact) mass is 310 g/mol. The minimum absolute atomic E-state index is 0.0288. The van der Waals surface area contributed by atoms with Gasteiger partial charge in [0.2, 0.25) is 15.9 Å². The maximum atomic E-state index is 12.3. The van der Waals surface area contributed by atoms with Crippen LogP contribution in [-0.4, -0.2) is 26.9 Å². The molecule has 1 aliphatic rings. The lowest BCUT2D eigenvalue weighted by Gasteiger charge is -2.23. The number of hydrogen-bond donors (Lipinski definition) is 2. The van der Waals surface area contributed by atoms with Crippen LogP contribution in [0.1, 0.15) is 39.2 Å². The van der Waals surface area contributed by atoms with Gasteiger partial charge in [-0.3, -0.25) is 4.79 Å². The summed E-state index contributed by atoms with van der Waals surface area (Å²) >= 11 is 0. The van der Waals surface area contributed by atoms with Crippen LogP contribution in [0.25, 0.3) is 0 Å². The van der Waals surface area contributed by atoms with E-state index in [-0.39, 0.29) is 16.2 Å². The molecule has 2 N–H and O–H groups in total. The number of amides is 1. The van der Waals surface area contributed by atoms with Crippen molar-refractivity contribution in [3.63, 3.8) is 0 Å². The van der Waals surface area contributed by atoms with Gasteiger partial charge in [-0.25, -0.2) is 8.42 Å². The second-order valence-corrected chi connectivity index (χ2v) is 8.10. The summed E-state index contributed by atoms with van der Waals surface area (Å²) in [6.07, 6.45) is 1.31. The van der Waals surface area contributed by atoms with Gasteiger partial charge in [-0.1, -0.05) is 32.9 Å².